The lowest BCUT2D eigenvalue weighted by Gasteiger charge is -2.41. The van der Waals surface area contributed by atoms with Crippen LogP contribution in [0.25, 0.3) is 0 Å². The summed E-state index contributed by atoms with van der Waals surface area (Å²) in [6.07, 6.45) is 34.2. The standard InChI is InChI=1S/C33H60F2/c34-26-10-6-3-1-2-4-8-12-28-14-18-30(19-15-28)32-22-24-33(25-23-32)31-20-16-29(17-21-31)13-9-5-7-11-27-35/h28-33H,1-27H2. The van der Waals surface area contributed by atoms with Gasteiger partial charge < -0.3 is 0 Å². The van der Waals surface area contributed by atoms with Crippen LogP contribution in [0.15, 0.2) is 0 Å². The molecule has 3 rings (SSSR count). The van der Waals surface area contributed by atoms with E-state index in [4.69, 9.17) is 0 Å². The number of hydrogen-bond acceptors (Lipinski definition) is 0. The monoisotopic (exact) mass is 494 g/mol. The van der Waals surface area contributed by atoms with Crippen molar-refractivity contribution < 1.29 is 8.78 Å². The molecule has 206 valence electrons. The number of alkyl halides is 2. The molecule has 0 aromatic rings. The molecular formula is C33H60F2. The van der Waals surface area contributed by atoms with E-state index in [0.29, 0.717) is 0 Å². The van der Waals surface area contributed by atoms with E-state index in [1.807, 2.05) is 0 Å². The molecule has 2 heteroatoms. The van der Waals surface area contributed by atoms with Gasteiger partial charge in [-0.3, -0.25) is 8.78 Å². The van der Waals surface area contributed by atoms with Gasteiger partial charge in [0, 0.05) is 0 Å². The molecule has 0 unspecified atom stereocenters. The first-order valence-electron chi connectivity index (χ1n) is 16.4. The maximum atomic E-state index is 12.2. The van der Waals surface area contributed by atoms with Crippen LogP contribution < -0.4 is 0 Å². The Hall–Kier alpha value is -0.140. The molecule has 0 atom stereocenters. The minimum absolute atomic E-state index is 0.125. The molecule has 3 aliphatic carbocycles. The van der Waals surface area contributed by atoms with Crippen molar-refractivity contribution in [3.63, 3.8) is 0 Å². The van der Waals surface area contributed by atoms with Crippen molar-refractivity contribution in [2.75, 3.05) is 13.3 Å². The third-order valence-electron chi connectivity index (χ3n) is 10.7. The predicted octanol–water partition coefficient (Wildman–Crippen LogP) is 11.4. The lowest BCUT2D eigenvalue weighted by Crippen LogP contribution is -2.29. The number of unbranched alkanes of at least 4 members (excludes halogenated alkanes) is 9. The highest BCUT2D eigenvalue weighted by molar-refractivity contribution is 4.86. The SMILES string of the molecule is FCCCCCCCCCC1CCC(C2CCC(C3CCC(CCCCCCF)CC3)CC2)CC1. The van der Waals surface area contributed by atoms with Gasteiger partial charge in [-0.25, -0.2) is 0 Å². The topological polar surface area (TPSA) is 0 Å². The van der Waals surface area contributed by atoms with Crippen LogP contribution in [-0.2, 0) is 0 Å². The van der Waals surface area contributed by atoms with Crippen molar-refractivity contribution in [3.8, 4) is 0 Å². The summed E-state index contributed by atoms with van der Waals surface area (Å²) >= 11 is 0. The van der Waals surface area contributed by atoms with E-state index in [-0.39, 0.29) is 13.3 Å². The Morgan fingerprint density at radius 2 is 0.571 bits per heavy atom. The molecule has 0 aromatic heterocycles. The number of rotatable bonds is 17. The molecule has 3 aliphatic rings. The third-order valence-corrected chi connectivity index (χ3v) is 10.7. The van der Waals surface area contributed by atoms with Gasteiger partial charge in [0.2, 0.25) is 0 Å². The van der Waals surface area contributed by atoms with Crippen LogP contribution in [0.3, 0.4) is 0 Å². The Morgan fingerprint density at radius 1 is 0.314 bits per heavy atom. The van der Waals surface area contributed by atoms with Crippen molar-refractivity contribution in [3.05, 3.63) is 0 Å². The Bertz CT molecular complexity index is 481. The highest BCUT2D eigenvalue weighted by Gasteiger charge is 2.34. The van der Waals surface area contributed by atoms with E-state index in [1.54, 1.807) is 0 Å². The smallest absolute Gasteiger partial charge is 0.0894 e. The van der Waals surface area contributed by atoms with Gasteiger partial charge in [-0.2, -0.15) is 0 Å². The second-order valence-electron chi connectivity index (χ2n) is 13.1. The quantitative estimate of drug-likeness (QED) is 0.176. The predicted molar refractivity (Wildman–Crippen MR) is 148 cm³/mol. The Kier molecular flexibility index (Phi) is 15.3. The molecule has 0 aromatic carbocycles. The minimum Gasteiger partial charge on any atom is -0.251 e. The Balaban J connectivity index is 1.19. The molecule has 0 heterocycles. The minimum atomic E-state index is -0.128. The van der Waals surface area contributed by atoms with Crippen LogP contribution in [0, 0.1) is 35.5 Å². The second-order valence-corrected chi connectivity index (χ2v) is 13.1. The first-order valence-corrected chi connectivity index (χ1v) is 16.4. The second kappa shape index (κ2) is 18.2. The Labute approximate surface area is 218 Å². The van der Waals surface area contributed by atoms with Gasteiger partial charge in [0.25, 0.3) is 0 Å². The van der Waals surface area contributed by atoms with Gasteiger partial charge in [0.15, 0.2) is 0 Å². The van der Waals surface area contributed by atoms with Crippen LogP contribution in [0.2, 0.25) is 0 Å². The van der Waals surface area contributed by atoms with E-state index in [9.17, 15) is 8.78 Å². The summed E-state index contributed by atoms with van der Waals surface area (Å²) in [5.74, 6) is 6.19. The highest BCUT2D eigenvalue weighted by Crippen LogP contribution is 2.46. The molecular weight excluding hydrogens is 434 g/mol. The fourth-order valence-electron chi connectivity index (χ4n) is 8.28. The van der Waals surface area contributed by atoms with Crippen LogP contribution in [0.4, 0.5) is 8.78 Å². The maximum absolute atomic E-state index is 12.2. The molecule has 0 N–H and O–H groups in total. The molecule has 0 bridgehead atoms. The first-order chi connectivity index (χ1) is 17.3. The fraction of sp³-hybridized carbons (Fsp3) is 1.00. The summed E-state index contributed by atoms with van der Waals surface area (Å²) in [4.78, 5) is 0. The van der Waals surface area contributed by atoms with Gasteiger partial charge in [-0.15, -0.1) is 0 Å². The molecule has 0 nitrogen and oxygen atoms in total. The van der Waals surface area contributed by atoms with Gasteiger partial charge in [0.05, 0.1) is 13.3 Å². The maximum Gasteiger partial charge on any atom is 0.0894 e. The van der Waals surface area contributed by atoms with Gasteiger partial charge >= 0.3 is 0 Å². The molecule has 0 saturated heterocycles. The van der Waals surface area contributed by atoms with Crippen LogP contribution in [0.1, 0.15) is 161 Å². The van der Waals surface area contributed by atoms with E-state index >= 15 is 0 Å². The van der Waals surface area contributed by atoms with Crippen LogP contribution >= 0.6 is 0 Å². The number of halogens is 2. The summed E-state index contributed by atoms with van der Waals surface area (Å²) in [6, 6.07) is 0. The molecule has 3 saturated carbocycles. The third kappa shape index (κ3) is 11.4. The van der Waals surface area contributed by atoms with Crippen LogP contribution in [-0.4, -0.2) is 13.3 Å². The van der Waals surface area contributed by atoms with Crippen LogP contribution in [0.5, 0.6) is 0 Å². The van der Waals surface area contributed by atoms with E-state index in [0.717, 1.165) is 61.2 Å². The van der Waals surface area contributed by atoms with Gasteiger partial charge in [-0.05, 0) is 99.7 Å². The lowest BCUT2D eigenvalue weighted by atomic mass is 9.64. The average Bonchev–Trinajstić information content (AvgIpc) is 2.91. The Morgan fingerprint density at radius 3 is 0.886 bits per heavy atom. The summed E-state index contributed by atoms with van der Waals surface area (Å²) in [5, 5.41) is 0. The van der Waals surface area contributed by atoms with Crippen molar-refractivity contribution in [1.29, 1.82) is 0 Å². The molecule has 0 spiro atoms. The average molecular weight is 495 g/mol. The van der Waals surface area contributed by atoms with Gasteiger partial charge in [-0.1, -0.05) is 96.3 Å². The molecule has 3 fully saturated rings. The lowest BCUT2D eigenvalue weighted by molar-refractivity contribution is 0.102. The highest BCUT2D eigenvalue weighted by atomic mass is 19.1. The van der Waals surface area contributed by atoms with Crippen molar-refractivity contribution in [1.82, 2.24) is 0 Å². The molecule has 35 heavy (non-hydrogen) atoms. The summed E-state index contributed by atoms with van der Waals surface area (Å²) in [7, 11) is 0. The van der Waals surface area contributed by atoms with Crippen molar-refractivity contribution >= 4 is 0 Å². The number of hydrogen-bond donors (Lipinski definition) is 0. The van der Waals surface area contributed by atoms with Crippen molar-refractivity contribution in [2.45, 2.75) is 161 Å². The fourth-order valence-corrected chi connectivity index (χ4v) is 8.28. The first kappa shape index (κ1) is 29.4. The zero-order valence-electron chi connectivity index (χ0n) is 23.3. The van der Waals surface area contributed by atoms with E-state index < -0.39 is 0 Å². The van der Waals surface area contributed by atoms with E-state index in [2.05, 4.69) is 0 Å². The molecule has 0 amide bonds. The van der Waals surface area contributed by atoms with E-state index in [1.165, 1.54) is 135 Å². The summed E-state index contributed by atoms with van der Waals surface area (Å²) in [6.45, 7) is -0.253. The largest absolute Gasteiger partial charge is 0.251 e. The summed E-state index contributed by atoms with van der Waals surface area (Å²) < 4.78 is 24.4. The normalized spacial score (nSPS) is 32.1. The zero-order valence-corrected chi connectivity index (χ0v) is 23.3. The molecule has 0 aliphatic heterocycles. The van der Waals surface area contributed by atoms with Crippen molar-refractivity contribution in [2.24, 2.45) is 35.5 Å². The van der Waals surface area contributed by atoms with Gasteiger partial charge in [0.1, 0.15) is 0 Å². The summed E-state index contributed by atoms with van der Waals surface area (Å²) in [5.41, 5.74) is 0. The molecule has 0 radical (unpaired) electrons. The zero-order chi connectivity index (χ0) is 24.6.